The predicted octanol–water partition coefficient (Wildman–Crippen LogP) is 5.77. The van der Waals surface area contributed by atoms with Crippen molar-refractivity contribution >= 4 is 37.8 Å². The number of carboxylic acid groups (broad SMARTS) is 1. The first-order valence-electron chi connectivity index (χ1n) is 10.7. The Balaban J connectivity index is 1.91. The van der Waals surface area contributed by atoms with Crippen molar-refractivity contribution < 1.29 is 19.7 Å². The number of aliphatic hydroxyl groups excluding tert-OH is 1. The smallest absolute Gasteiger partial charge is 0.333 e. The van der Waals surface area contributed by atoms with Crippen molar-refractivity contribution in [1.82, 2.24) is 4.90 Å². The number of aliphatic carboxylic acids is 1. The molecule has 0 bridgehead atoms. The highest BCUT2D eigenvalue weighted by molar-refractivity contribution is 9.11. The Morgan fingerprint density at radius 3 is 2.50 bits per heavy atom. The lowest BCUT2D eigenvalue weighted by Crippen LogP contribution is -2.41. The summed E-state index contributed by atoms with van der Waals surface area (Å²) in [5.74, 6) is -0.385. The Morgan fingerprint density at radius 2 is 1.90 bits per heavy atom. The van der Waals surface area contributed by atoms with Crippen LogP contribution in [-0.2, 0) is 11.3 Å². The number of ether oxygens (including phenoxy) is 1. The topological polar surface area (TPSA) is 70.0 Å². The first-order valence-corrected chi connectivity index (χ1v) is 12.3. The zero-order chi connectivity index (χ0) is 22.1. The molecule has 2 N–H and O–H groups in total. The van der Waals surface area contributed by atoms with Crippen molar-refractivity contribution in [3.63, 3.8) is 0 Å². The molecular weight excluding hydrogens is 514 g/mol. The summed E-state index contributed by atoms with van der Waals surface area (Å²) in [6.45, 7) is 8.54. The van der Waals surface area contributed by atoms with Gasteiger partial charge in [-0.1, -0.05) is 45.1 Å². The summed E-state index contributed by atoms with van der Waals surface area (Å²) in [6, 6.07) is 4.09. The molecule has 0 radical (unpaired) electrons. The first-order chi connectivity index (χ1) is 14.3. The van der Waals surface area contributed by atoms with E-state index in [0.717, 1.165) is 26.7 Å². The molecule has 1 heterocycles. The minimum Gasteiger partial charge on any atom is -0.491 e. The number of hydrogen-bond acceptors (Lipinski definition) is 4. The van der Waals surface area contributed by atoms with E-state index in [1.54, 1.807) is 6.08 Å². The zero-order valence-electron chi connectivity index (χ0n) is 17.7. The number of unbranched alkanes of at least 4 members (excludes halogenated alkanes) is 5. The van der Waals surface area contributed by atoms with Crippen molar-refractivity contribution in [2.75, 3.05) is 19.7 Å². The molecule has 2 atom stereocenters. The summed E-state index contributed by atoms with van der Waals surface area (Å²) >= 11 is 7.24. The lowest BCUT2D eigenvalue weighted by atomic mass is 9.81. The van der Waals surface area contributed by atoms with E-state index in [-0.39, 0.29) is 0 Å². The van der Waals surface area contributed by atoms with E-state index >= 15 is 0 Å². The molecule has 1 aromatic rings. The second kappa shape index (κ2) is 12.2. The number of halogens is 2. The van der Waals surface area contributed by atoms with Gasteiger partial charge in [0.25, 0.3) is 0 Å². The van der Waals surface area contributed by atoms with Gasteiger partial charge in [0.2, 0.25) is 0 Å². The number of carboxylic acids is 1. The van der Waals surface area contributed by atoms with Crippen LogP contribution >= 0.6 is 31.9 Å². The van der Waals surface area contributed by atoms with Gasteiger partial charge < -0.3 is 14.9 Å². The maximum absolute atomic E-state index is 11.3. The maximum Gasteiger partial charge on any atom is 0.333 e. The van der Waals surface area contributed by atoms with Gasteiger partial charge in [-0.05, 0) is 68.9 Å². The number of benzene rings is 1. The second-order valence-electron chi connectivity index (χ2n) is 8.14. The molecule has 1 aliphatic heterocycles. The minimum absolute atomic E-state index is 0.468. The van der Waals surface area contributed by atoms with E-state index in [2.05, 4.69) is 50.3 Å². The summed E-state index contributed by atoms with van der Waals surface area (Å²) in [5, 5.41) is 19.3. The molecule has 2 unspecified atom stereocenters. The molecule has 0 aliphatic carbocycles. The number of hydrogen-bond donors (Lipinski definition) is 2. The van der Waals surface area contributed by atoms with Crippen LogP contribution in [-0.4, -0.2) is 46.9 Å². The van der Waals surface area contributed by atoms with E-state index in [1.807, 2.05) is 12.1 Å². The van der Waals surface area contributed by atoms with Gasteiger partial charge in [-0.2, -0.15) is 0 Å². The average molecular weight is 547 g/mol. The molecule has 1 saturated heterocycles. The summed E-state index contributed by atoms with van der Waals surface area (Å²) in [4.78, 5) is 13.4. The normalized spacial score (nSPS) is 20.3. The van der Waals surface area contributed by atoms with Crippen LogP contribution < -0.4 is 4.74 Å². The maximum atomic E-state index is 11.3. The van der Waals surface area contributed by atoms with Crippen molar-refractivity contribution in [1.29, 1.82) is 0 Å². The van der Waals surface area contributed by atoms with Crippen LogP contribution in [0, 0.1) is 5.41 Å². The molecule has 5 nitrogen and oxygen atoms in total. The molecule has 168 valence electrons. The Kier molecular flexibility index (Phi) is 10.3. The van der Waals surface area contributed by atoms with Crippen molar-refractivity contribution in [2.45, 2.75) is 64.5 Å². The third-order valence-electron chi connectivity index (χ3n) is 5.81. The third kappa shape index (κ3) is 6.81. The molecule has 0 saturated carbocycles. The fraction of sp³-hybridized carbons (Fsp3) is 0.609. The number of aliphatic hydroxyl groups is 1. The molecule has 0 amide bonds. The van der Waals surface area contributed by atoms with E-state index in [0.29, 0.717) is 32.7 Å². The zero-order valence-corrected chi connectivity index (χ0v) is 20.9. The molecular formula is C23H33Br2NO4. The van der Waals surface area contributed by atoms with E-state index in [4.69, 9.17) is 4.74 Å². The van der Waals surface area contributed by atoms with Gasteiger partial charge in [-0.15, -0.1) is 6.58 Å². The summed E-state index contributed by atoms with van der Waals surface area (Å²) in [5.41, 5.74) is 0.283. The van der Waals surface area contributed by atoms with Gasteiger partial charge >= 0.3 is 5.97 Å². The van der Waals surface area contributed by atoms with E-state index in [1.165, 1.54) is 32.1 Å². The fourth-order valence-electron chi connectivity index (χ4n) is 3.98. The predicted molar refractivity (Wildman–Crippen MR) is 127 cm³/mol. The van der Waals surface area contributed by atoms with Gasteiger partial charge in [-0.3, -0.25) is 4.90 Å². The van der Waals surface area contributed by atoms with E-state index in [9.17, 15) is 15.0 Å². The van der Waals surface area contributed by atoms with Gasteiger partial charge in [0.15, 0.2) is 6.10 Å². The molecule has 0 aromatic heterocycles. The van der Waals surface area contributed by atoms with Gasteiger partial charge in [0.05, 0.1) is 15.6 Å². The number of carbonyl (C=O) groups is 1. The quantitative estimate of drug-likeness (QED) is 0.242. The van der Waals surface area contributed by atoms with Crippen LogP contribution in [0.3, 0.4) is 0 Å². The van der Waals surface area contributed by atoms with Crippen molar-refractivity contribution in [3.05, 3.63) is 39.3 Å². The monoisotopic (exact) mass is 545 g/mol. The summed E-state index contributed by atoms with van der Waals surface area (Å²) in [6.07, 6.45) is 8.10. The molecule has 7 heteroatoms. The minimum atomic E-state index is -1.43. The Morgan fingerprint density at radius 1 is 1.27 bits per heavy atom. The van der Waals surface area contributed by atoms with Crippen LogP contribution in [0.2, 0.25) is 0 Å². The molecule has 30 heavy (non-hydrogen) atoms. The number of likely N-dealkylation sites (tertiary alicyclic amines) is 1. The van der Waals surface area contributed by atoms with Crippen LogP contribution in [0.4, 0.5) is 0 Å². The average Bonchev–Trinajstić information content (AvgIpc) is 3.12. The van der Waals surface area contributed by atoms with Crippen LogP contribution in [0.1, 0.15) is 57.4 Å². The molecule has 2 rings (SSSR count). The molecule has 0 spiro atoms. The van der Waals surface area contributed by atoms with Crippen LogP contribution in [0.15, 0.2) is 33.7 Å². The fourth-order valence-corrected chi connectivity index (χ4v) is 5.49. The van der Waals surface area contributed by atoms with Gasteiger partial charge in [0, 0.05) is 18.5 Å². The molecule has 1 aliphatic rings. The Bertz CT molecular complexity index is 704. The lowest BCUT2D eigenvalue weighted by molar-refractivity contribution is -0.152. The second-order valence-corrected chi connectivity index (χ2v) is 9.85. The lowest BCUT2D eigenvalue weighted by Gasteiger charge is -2.28. The highest BCUT2D eigenvalue weighted by atomic mass is 79.9. The number of nitrogens with zero attached hydrogens (tertiary/aromatic N) is 1. The van der Waals surface area contributed by atoms with Crippen LogP contribution in [0.25, 0.3) is 0 Å². The Labute approximate surface area is 196 Å². The summed E-state index contributed by atoms with van der Waals surface area (Å²) < 4.78 is 7.79. The highest BCUT2D eigenvalue weighted by Gasteiger charge is 2.45. The van der Waals surface area contributed by atoms with Crippen molar-refractivity contribution in [2.24, 2.45) is 5.41 Å². The van der Waals surface area contributed by atoms with E-state index < -0.39 is 17.5 Å². The largest absolute Gasteiger partial charge is 0.491 e. The standard InChI is InChI=1S/C23H33Br2NO4/c1-3-5-6-7-8-9-12-30-20-18(24)13-17(14-19(20)25)15-26-11-10-23(4-2,16-26)21(27)22(28)29/h4,13-14,21,27H,2-3,5-12,15-16H2,1H3,(H,28,29). The molecule has 1 aromatic carbocycles. The highest BCUT2D eigenvalue weighted by Crippen LogP contribution is 2.38. The van der Waals surface area contributed by atoms with Gasteiger partial charge in [-0.25, -0.2) is 4.79 Å². The van der Waals surface area contributed by atoms with Crippen molar-refractivity contribution in [3.8, 4) is 5.75 Å². The summed E-state index contributed by atoms with van der Waals surface area (Å²) in [7, 11) is 0. The number of rotatable bonds is 13. The van der Waals surface area contributed by atoms with Gasteiger partial charge in [0.1, 0.15) is 5.75 Å². The Hall–Kier alpha value is -0.890. The first kappa shape index (κ1) is 25.4. The molecule has 1 fully saturated rings. The third-order valence-corrected chi connectivity index (χ3v) is 6.98. The SMILES string of the molecule is C=CC1(C(O)C(=O)O)CCN(Cc2cc(Br)c(OCCCCCCCC)c(Br)c2)C1. The van der Waals surface area contributed by atoms with Crippen LogP contribution in [0.5, 0.6) is 5.75 Å².